The monoisotopic (exact) mass is 373 g/mol. The lowest BCUT2D eigenvalue weighted by Gasteiger charge is -2.39. The van der Waals surface area contributed by atoms with Crippen LogP contribution in [-0.4, -0.2) is 50.9 Å². The van der Waals surface area contributed by atoms with Gasteiger partial charge in [-0.25, -0.2) is 4.79 Å². The Hall–Kier alpha value is -3.42. The van der Waals surface area contributed by atoms with Crippen molar-refractivity contribution >= 4 is 12.4 Å². The van der Waals surface area contributed by atoms with Gasteiger partial charge in [-0.05, 0) is 47.4 Å². The maximum atomic E-state index is 12.2. The minimum Gasteiger partial charge on any atom is -0.504 e. The highest BCUT2D eigenvalue weighted by molar-refractivity contribution is 5.80. The van der Waals surface area contributed by atoms with Gasteiger partial charge in [0.2, 0.25) is 6.41 Å². The van der Waals surface area contributed by atoms with Crippen molar-refractivity contribution in [2.45, 2.75) is 24.9 Å². The number of esters is 1. The third-order valence-corrected chi connectivity index (χ3v) is 4.79. The average molecular weight is 373 g/mol. The summed E-state index contributed by atoms with van der Waals surface area (Å²) in [5.74, 6) is -1.84. The molecule has 2 aromatic carbocycles. The van der Waals surface area contributed by atoms with E-state index in [1.165, 1.54) is 36.3 Å². The van der Waals surface area contributed by atoms with Gasteiger partial charge in [0.1, 0.15) is 6.04 Å². The van der Waals surface area contributed by atoms with Gasteiger partial charge in [-0.3, -0.25) is 4.79 Å². The first kappa shape index (κ1) is 18.4. The number of carbonyl (C=O) groups is 2. The van der Waals surface area contributed by atoms with E-state index in [1.807, 2.05) is 0 Å². The molecule has 8 nitrogen and oxygen atoms in total. The van der Waals surface area contributed by atoms with E-state index in [4.69, 9.17) is 4.74 Å². The summed E-state index contributed by atoms with van der Waals surface area (Å²) in [5.41, 5.74) is 1.78. The van der Waals surface area contributed by atoms with E-state index in [9.17, 15) is 30.0 Å². The first-order valence-electron chi connectivity index (χ1n) is 8.21. The van der Waals surface area contributed by atoms with E-state index in [1.54, 1.807) is 6.07 Å². The van der Waals surface area contributed by atoms with Crippen LogP contribution in [0.5, 0.6) is 23.0 Å². The molecule has 0 aliphatic carbocycles. The van der Waals surface area contributed by atoms with Crippen molar-refractivity contribution < 1.29 is 34.8 Å². The van der Waals surface area contributed by atoms with Crippen LogP contribution < -0.4 is 0 Å². The third kappa shape index (κ3) is 3.33. The summed E-state index contributed by atoms with van der Waals surface area (Å²) >= 11 is 0. The number of methoxy groups -OCH3 is 1. The summed E-state index contributed by atoms with van der Waals surface area (Å²) in [6, 6.07) is 5.46. The third-order valence-electron chi connectivity index (χ3n) is 4.79. The van der Waals surface area contributed by atoms with Crippen molar-refractivity contribution in [2.75, 3.05) is 7.11 Å². The Balaban J connectivity index is 2.09. The summed E-state index contributed by atoms with van der Waals surface area (Å²) < 4.78 is 4.80. The quantitative estimate of drug-likeness (QED) is 0.362. The molecule has 0 unspecified atom stereocenters. The van der Waals surface area contributed by atoms with E-state index in [2.05, 4.69) is 0 Å². The molecule has 0 spiro atoms. The molecule has 1 aliphatic heterocycles. The lowest BCUT2D eigenvalue weighted by Crippen LogP contribution is -2.48. The van der Waals surface area contributed by atoms with E-state index in [0.29, 0.717) is 23.1 Å². The molecule has 0 aromatic heterocycles. The van der Waals surface area contributed by atoms with Crippen LogP contribution in [-0.2, 0) is 27.2 Å². The number of phenolic OH excluding ortho intramolecular Hbond substituents is 4. The predicted octanol–water partition coefficient (Wildman–Crippen LogP) is 1.35. The summed E-state index contributed by atoms with van der Waals surface area (Å²) in [6.45, 7) is 0. The fourth-order valence-corrected chi connectivity index (χ4v) is 3.44. The molecule has 4 N–H and O–H groups in total. The molecule has 1 amide bonds. The molecule has 8 heteroatoms. The first-order chi connectivity index (χ1) is 12.8. The molecule has 0 fully saturated rings. The second-order valence-corrected chi connectivity index (χ2v) is 6.38. The molecule has 27 heavy (non-hydrogen) atoms. The Morgan fingerprint density at radius 2 is 1.78 bits per heavy atom. The van der Waals surface area contributed by atoms with Crippen molar-refractivity contribution in [1.29, 1.82) is 0 Å². The molecule has 0 radical (unpaired) electrons. The number of carbonyl (C=O) groups excluding carboxylic acids is 2. The van der Waals surface area contributed by atoms with Crippen LogP contribution in [0.15, 0.2) is 30.3 Å². The van der Waals surface area contributed by atoms with Gasteiger partial charge in [0.05, 0.1) is 13.2 Å². The van der Waals surface area contributed by atoms with Gasteiger partial charge in [-0.15, -0.1) is 0 Å². The molecule has 142 valence electrons. The van der Waals surface area contributed by atoms with Crippen molar-refractivity contribution in [1.82, 2.24) is 4.90 Å². The van der Waals surface area contributed by atoms with E-state index in [0.717, 1.165) is 0 Å². The first-order valence-corrected chi connectivity index (χ1v) is 8.21. The molecule has 2 aromatic rings. The van der Waals surface area contributed by atoms with Crippen molar-refractivity contribution in [3.63, 3.8) is 0 Å². The number of phenols is 4. The number of hydrogen-bond donors (Lipinski definition) is 4. The van der Waals surface area contributed by atoms with Gasteiger partial charge < -0.3 is 30.1 Å². The number of ether oxygens (including phenoxy) is 1. The van der Waals surface area contributed by atoms with Gasteiger partial charge in [0.25, 0.3) is 0 Å². The van der Waals surface area contributed by atoms with Crippen LogP contribution in [0.2, 0.25) is 0 Å². The number of aromatic hydroxyl groups is 4. The molecule has 1 aliphatic rings. The highest BCUT2D eigenvalue weighted by Gasteiger charge is 2.38. The Kier molecular flexibility index (Phi) is 4.81. The predicted molar refractivity (Wildman–Crippen MR) is 93.4 cm³/mol. The largest absolute Gasteiger partial charge is 0.504 e. The zero-order valence-corrected chi connectivity index (χ0v) is 14.5. The van der Waals surface area contributed by atoms with E-state index >= 15 is 0 Å². The summed E-state index contributed by atoms with van der Waals surface area (Å²) in [4.78, 5) is 25.3. The van der Waals surface area contributed by atoms with Gasteiger partial charge in [-0.1, -0.05) is 6.07 Å². The maximum Gasteiger partial charge on any atom is 0.328 e. The Bertz CT molecular complexity index is 896. The zero-order chi connectivity index (χ0) is 19.7. The molecule has 2 atom stereocenters. The van der Waals surface area contributed by atoms with Gasteiger partial charge in [0.15, 0.2) is 23.0 Å². The summed E-state index contributed by atoms with van der Waals surface area (Å²) in [7, 11) is 1.22. The minimum atomic E-state index is -0.889. The molecular weight excluding hydrogens is 354 g/mol. The molecule has 3 rings (SSSR count). The normalized spacial score (nSPS) is 18.6. The molecule has 1 heterocycles. The molecule has 0 saturated carbocycles. The van der Waals surface area contributed by atoms with E-state index in [-0.39, 0.29) is 35.8 Å². The molecule has 0 bridgehead atoms. The number of nitrogens with zero attached hydrogens (tertiary/aromatic N) is 1. The highest BCUT2D eigenvalue weighted by Crippen LogP contribution is 2.40. The summed E-state index contributed by atoms with van der Waals surface area (Å²) in [6.07, 6.45) is 0.878. The Labute approximate surface area is 154 Å². The second kappa shape index (κ2) is 7.06. The van der Waals surface area contributed by atoms with Gasteiger partial charge >= 0.3 is 5.97 Å². The lowest BCUT2D eigenvalue weighted by atomic mass is 9.85. The number of benzene rings is 2. The molecular formula is C19H19NO7. The minimum absolute atomic E-state index is 0.131. The van der Waals surface area contributed by atoms with Crippen LogP contribution in [0.25, 0.3) is 0 Å². The van der Waals surface area contributed by atoms with E-state index < -0.39 is 18.1 Å². The number of rotatable bonds is 4. The van der Waals surface area contributed by atoms with Crippen molar-refractivity contribution in [3.05, 3.63) is 47.0 Å². The van der Waals surface area contributed by atoms with Crippen LogP contribution in [0, 0.1) is 0 Å². The number of hydrogen-bond acceptors (Lipinski definition) is 7. The second-order valence-electron chi connectivity index (χ2n) is 6.38. The Morgan fingerprint density at radius 1 is 1.11 bits per heavy atom. The number of fused-ring (bicyclic) bond motifs is 1. The fourth-order valence-electron chi connectivity index (χ4n) is 3.44. The van der Waals surface area contributed by atoms with Crippen LogP contribution in [0.3, 0.4) is 0 Å². The van der Waals surface area contributed by atoms with Crippen LogP contribution in [0.1, 0.15) is 22.7 Å². The van der Waals surface area contributed by atoms with Crippen LogP contribution in [0.4, 0.5) is 0 Å². The van der Waals surface area contributed by atoms with Gasteiger partial charge in [0, 0.05) is 6.42 Å². The SMILES string of the molecule is COC(=O)[C@@H]1Cc2cc(O)c(O)cc2[C@H](Cc2ccc(O)c(O)c2)N1C=O. The van der Waals surface area contributed by atoms with Gasteiger partial charge in [-0.2, -0.15) is 0 Å². The zero-order valence-electron chi connectivity index (χ0n) is 14.5. The Morgan fingerprint density at radius 3 is 2.41 bits per heavy atom. The molecule has 0 saturated heterocycles. The maximum absolute atomic E-state index is 12.2. The fraction of sp³-hybridized carbons (Fsp3) is 0.263. The van der Waals surface area contributed by atoms with Crippen LogP contribution >= 0.6 is 0 Å². The summed E-state index contributed by atoms with van der Waals surface area (Å²) in [5, 5.41) is 38.9. The topological polar surface area (TPSA) is 128 Å². The smallest absolute Gasteiger partial charge is 0.328 e. The average Bonchev–Trinajstić information content (AvgIpc) is 2.65. The lowest BCUT2D eigenvalue weighted by molar-refractivity contribution is -0.151. The van der Waals surface area contributed by atoms with Crippen molar-refractivity contribution in [2.24, 2.45) is 0 Å². The highest BCUT2D eigenvalue weighted by atomic mass is 16.5. The standard InChI is InChI=1S/C19H19NO7/c1-27-19(26)14-6-11-7-17(24)18(25)8-12(11)13(20(14)9-21)4-10-2-3-15(22)16(23)5-10/h2-3,5,7-9,13-14,22-25H,4,6H2,1H3/t13-,14-/m0/s1. The number of amides is 1. The van der Waals surface area contributed by atoms with Crippen molar-refractivity contribution in [3.8, 4) is 23.0 Å².